The summed E-state index contributed by atoms with van der Waals surface area (Å²) in [4.78, 5) is 9.13. The van der Waals surface area contributed by atoms with Crippen LogP contribution in [0.3, 0.4) is 0 Å². The first-order valence-electron chi connectivity index (χ1n) is 13.2. The summed E-state index contributed by atoms with van der Waals surface area (Å²) in [6.07, 6.45) is 1.50. The summed E-state index contributed by atoms with van der Waals surface area (Å²) in [5.41, 5.74) is 4.21. The van der Waals surface area contributed by atoms with Gasteiger partial charge in [0.25, 0.3) is 0 Å². The number of fused-ring (bicyclic) bond motifs is 1. The Labute approximate surface area is 253 Å². The van der Waals surface area contributed by atoms with E-state index in [0.29, 0.717) is 54.5 Å². The zero-order chi connectivity index (χ0) is 29.1. The number of sulfonamides is 1. The minimum atomic E-state index is -3.57. The molecule has 1 aliphatic heterocycles. The molecule has 0 bridgehead atoms. The molecule has 0 atom stereocenters. The van der Waals surface area contributed by atoms with Crippen molar-refractivity contribution >= 4 is 55.6 Å². The van der Waals surface area contributed by atoms with E-state index < -0.39 is 10.0 Å². The number of halogens is 2. The third kappa shape index (κ3) is 6.21. The van der Waals surface area contributed by atoms with Gasteiger partial charge in [0.1, 0.15) is 24.5 Å². The van der Waals surface area contributed by atoms with Crippen LogP contribution in [0.15, 0.2) is 96.2 Å². The Morgan fingerprint density at radius 2 is 1.67 bits per heavy atom. The van der Waals surface area contributed by atoms with Crippen molar-refractivity contribution in [3.05, 3.63) is 107 Å². The van der Waals surface area contributed by atoms with E-state index in [4.69, 9.17) is 32.7 Å². The van der Waals surface area contributed by atoms with E-state index in [0.717, 1.165) is 33.3 Å². The number of rotatable bonds is 8. The predicted molar refractivity (Wildman–Crippen MR) is 165 cm³/mol. The van der Waals surface area contributed by atoms with Gasteiger partial charge in [-0.1, -0.05) is 53.5 Å². The Bertz CT molecular complexity index is 1850. The van der Waals surface area contributed by atoms with Crippen molar-refractivity contribution in [2.75, 3.05) is 31.6 Å². The van der Waals surface area contributed by atoms with Crippen LogP contribution in [0.2, 0.25) is 10.0 Å². The van der Waals surface area contributed by atoms with E-state index >= 15 is 0 Å². The summed E-state index contributed by atoms with van der Waals surface area (Å²) in [5.74, 6) is 1.16. The standard InChI is InChI=1S/C31H26Cl2N4O4S/c32-24-3-1-2-21(16-24)19-41-30-11-7-25(18-28(30)33)36-31-27-17-23(6-10-29(27)34-20-35-31)22-4-8-26(9-5-22)42(38,39)37-12-14-40-15-13-37/h1-11,16-18,20H,12-15,19H2,(H,34,35,36). The highest BCUT2D eigenvalue weighted by molar-refractivity contribution is 7.89. The molecule has 4 aromatic carbocycles. The van der Waals surface area contributed by atoms with Crippen LogP contribution in [-0.4, -0.2) is 49.0 Å². The maximum Gasteiger partial charge on any atom is 0.243 e. The second kappa shape index (κ2) is 12.2. The van der Waals surface area contributed by atoms with Crippen LogP contribution >= 0.6 is 23.2 Å². The number of aromatic nitrogens is 2. The average Bonchev–Trinajstić information content (AvgIpc) is 3.01. The van der Waals surface area contributed by atoms with Gasteiger partial charge in [-0.05, 0) is 71.3 Å². The molecule has 11 heteroatoms. The molecule has 0 spiro atoms. The predicted octanol–water partition coefficient (Wildman–Crippen LogP) is 6.95. The van der Waals surface area contributed by atoms with Crippen molar-refractivity contribution in [1.29, 1.82) is 0 Å². The Morgan fingerprint density at radius 1 is 0.881 bits per heavy atom. The molecule has 0 radical (unpaired) electrons. The number of hydrogen-bond donors (Lipinski definition) is 1. The van der Waals surface area contributed by atoms with Crippen LogP contribution in [0, 0.1) is 0 Å². The Morgan fingerprint density at radius 3 is 2.43 bits per heavy atom. The first-order valence-corrected chi connectivity index (χ1v) is 15.4. The summed E-state index contributed by atoms with van der Waals surface area (Å²) in [5, 5.41) is 5.24. The molecule has 214 valence electrons. The summed E-state index contributed by atoms with van der Waals surface area (Å²) < 4.78 is 38.7. The number of morpholine rings is 1. The van der Waals surface area contributed by atoms with E-state index in [1.54, 1.807) is 24.3 Å². The fourth-order valence-electron chi connectivity index (χ4n) is 4.71. The van der Waals surface area contributed by atoms with E-state index in [2.05, 4.69) is 15.3 Å². The van der Waals surface area contributed by atoms with Crippen molar-refractivity contribution in [2.24, 2.45) is 0 Å². The Balaban J connectivity index is 1.21. The van der Waals surface area contributed by atoms with Gasteiger partial charge in [-0.15, -0.1) is 0 Å². The highest BCUT2D eigenvalue weighted by atomic mass is 35.5. The van der Waals surface area contributed by atoms with E-state index in [9.17, 15) is 8.42 Å². The van der Waals surface area contributed by atoms with Gasteiger partial charge in [0.15, 0.2) is 0 Å². The fourth-order valence-corrected chi connectivity index (χ4v) is 6.57. The fraction of sp³-hybridized carbons (Fsp3) is 0.161. The number of hydrogen-bond acceptors (Lipinski definition) is 7. The van der Waals surface area contributed by atoms with Crippen LogP contribution in [0.5, 0.6) is 5.75 Å². The Hall–Kier alpha value is -3.73. The molecule has 2 heterocycles. The minimum Gasteiger partial charge on any atom is -0.487 e. The summed E-state index contributed by atoms with van der Waals surface area (Å²) in [6, 6.07) is 25.7. The van der Waals surface area contributed by atoms with Gasteiger partial charge in [-0.25, -0.2) is 18.4 Å². The normalized spacial score (nSPS) is 14.1. The van der Waals surface area contributed by atoms with Crippen molar-refractivity contribution in [2.45, 2.75) is 11.5 Å². The number of nitrogens with zero attached hydrogens (tertiary/aromatic N) is 3. The molecule has 6 rings (SSSR count). The molecule has 1 saturated heterocycles. The molecular weight excluding hydrogens is 595 g/mol. The topological polar surface area (TPSA) is 93.7 Å². The maximum atomic E-state index is 13.0. The van der Waals surface area contributed by atoms with Gasteiger partial charge in [0.05, 0.1) is 28.6 Å². The molecule has 1 aliphatic rings. The largest absolute Gasteiger partial charge is 0.487 e. The molecule has 0 unspecified atom stereocenters. The van der Waals surface area contributed by atoms with Crippen LogP contribution in [0.4, 0.5) is 11.5 Å². The molecule has 42 heavy (non-hydrogen) atoms. The molecule has 0 saturated carbocycles. The summed E-state index contributed by atoms with van der Waals surface area (Å²) in [6.45, 7) is 1.86. The van der Waals surface area contributed by atoms with Gasteiger partial charge in [-0.2, -0.15) is 4.31 Å². The minimum absolute atomic E-state index is 0.261. The molecule has 1 N–H and O–H groups in total. The van der Waals surface area contributed by atoms with Gasteiger partial charge >= 0.3 is 0 Å². The van der Waals surface area contributed by atoms with E-state index in [-0.39, 0.29) is 4.90 Å². The zero-order valence-corrected chi connectivity index (χ0v) is 24.7. The SMILES string of the molecule is O=S(=O)(c1ccc(-c2ccc3ncnc(Nc4ccc(OCc5cccc(Cl)c5)c(Cl)c4)c3c2)cc1)N1CCOCC1. The number of nitrogens with one attached hydrogen (secondary N) is 1. The van der Waals surface area contributed by atoms with Gasteiger partial charge in [0, 0.05) is 29.2 Å². The van der Waals surface area contributed by atoms with Gasteiger partial charge < -0.3 is 14.8 Å². The van der Waals surface area contributed by atoms with Crippen molar-refractivity contribution < 1.29 is 17.9 Å². The first kappa shape index (κ1) is 28.4. The summed E-state index contributed by atoms with van der Waals surface area (Å²) >= 11 is 12.6. The number of anilines is 2. The summed E-state index contributed by atoms with van der Waals surface area (Å²) in [7, 11) is -3.57. The van der Waals surface area contributed by atoms with Crippen LogP contribution in [-0.2, 0) is 21.4 Å². The molecule has 1 fully saturated rings. The van der Waals surface area contributed by atoms with Crippen LogP contribution in [0.25, 0.3) is 22.0 Å². The molecule has 1 aromatic heterocycles. The molecule has 0 aliphatic carbocycles. The Kier molecular flexibility index (Phi) is 8.28. The zero-order valence-electron chi connectivity index (χ0n) is 22.3. The van der Waals surface area contributed by atoms with E-state index in [1.807, 2.05) is 60.7 Å². The smallest absolute Gasteiger partial charge is 0.243 e. The number of ether oxygens (including phenoxy) is 2. The molecule has 5 aromatic rings. The maximum absolute atomic E-state index is 13.0. The van der Waals surface area contributed by atoms with Crippen molar-refractivity contribution in [3.8, 4) is 16.9 Å². The second-order valence-electron chi connectivity index (χ2n) is 9.68. The lowest BCUT2D eigenvalue weighted by Crippen LogP contribution is -2.40. The third-order valence-corrected chi connectivity index (χ3v) is 9.35. The lowest BCUT2D eigenvalue weighted by Gasteiger charge is -2.26. The van der Waals surface area contributed by atoms with Crippen molar-refractivity contribution in [1.82, 2.24) is 14.3 Å². The highest BCUT2D eigenvalue weighted by Gasteiger charge is 2.26. The van der Waals surface area contributed by atoms with E-state index in [1.165, 1.54) is 10.6 Å². The quantitative estimate of drug-likeness (QED) is 0.201. The van der Waals surface area contributed by atoms with Crippen molar-refractivity contribution in [3.63, 3.8) is 0 Å². The van der Waals surface area contributed by atoms with Crippen LogP contribution in [0.1, 0.15) is 5.56 Å². The monoisotopic (exact) mass is 620 g/mol. The second-order valence-corrected chi connectivity index (χ2v) is 12.5. The average molecular weight is 622 g/mol. The highest BCUT2D eigenvalue weighted by Crippen LogP contribution is 2.33. The van der Waals surface area contributed by atoms with Crippen LogP contribution < -0.4 is 10.1 Å². The van der Waals surface area contributed by atoms with Gasteiger partial charge in [-0.3, -0.25) is 0 Å². The molecule has 0 amide bonds. The first-order chi connectivity index (χ1) is 20.4. The molecular formula is C31H26Cl2N4O4S. The molecule has 8 nitrogen and oxygen atoms in total. The lowest BCUT2D eigenvalue weighted by molar-refractivity contribution is 0.0730. The number of benzene rings is 4. The lowest BCUT2D eigenvalue weighted by atomic mass is 10.0. The third-order valence-electron chi connectivity index (χ3n) is 6.91. The van der Waals surface area contributed by atoms with Gasteiger partial charge in [0.2, 0.25) is 10.0 Å².